The van der Waals surface area contributed by atoms with Crippen molar-refractivity contribution in [2.75, 3.05) is 16.5 Å². The standard InChI is InChI=1S/C14H11FN4S/c15-9-1-3-10(4-2-9)19-14(17)12(7-16)11-5-6-20-8-13(11)18-19/h1-5H,6,8,17H2. The molecule has 0 aromatic heterocycles. The van der Waals surface area contributed by atoms with E-state index in [0.29, 0.717) is 11.3 Å². The van der Waals surface area contributed by atoms with E-state index in [1.54, 1.807) is 23.9 Å². The van der Waals surface area contributed by atoms with E-state index in [4.69, 9.17) is 5.73 Å². The number of anilines is 1. The maximum absolute atomic E-state index is 13.0. The van der Waals surface area contributed by atoms with E-state index in [-0.39, 0.29) is 11.6 Å². The second-order valence-electron chi connectivity index (χ2n) is 4.34. The van der Waals surface area contributed by atoms with Gasteiger partial charge in [-0.2, -0.15) is 22.1 Å². The van der Waals surface area contributed by atoms with Crippen LogP contribution in [-0.2, 0) is 0 Å². The first-order valence-corrected chi connectivity index (χ1v) is 7.18. The summed E-state index contributed by atoms with van der Waals surface area (Å²) in [4.78, 5) is 0. The number of nitrogens with two attached hydrogens (primary N) is 1. The summed E-state index contributed by atoms with van der Waals surface area (Å²) in [6.07, 6.45) is 1.97. The molecule has 2 heterocycles. The maximum atomic E-state index is 13.0. The van der Waals surface area contributed by atoms with Crippen LogP contribution >= 0.6 is 11.8 Å². The van der Waals surface area contributed by atoms with Crippen molar-refractivity contribution in [2.45, 2.75) is 0 Å². The van der Waals surface area contributed by atoms with Crippen LogP contribution in [0, 0.1) is 17.1 Å². The molecule has 0 saturated carbocycles. The summed E-state index contributed by atoms with van der Waals surface area (Å²) >= 11 is 1.73. The van der Waals surface area contributed by atoms with Gasteiger partial charge in [-0.15, -0.1) is 0 Å². The Hall–Kier alpha value is -2.26. The van der Waals surface area contributed by atoms with E-state index in [0.717, 1.165) is 22.8 Å². The zero-order valence-electron chi connectivity index (χ0n) is 10.5. The predicted molar refractivity (Wildman–Crippen MR) is 78.5 cm³/mol. The number of hydrogen-bond donors (Lipinski definition) is 1. The zero-order valence-corrected chi connectivity index (χ0v) is 11.3. The van der Waals surface area contributed by atoms with Crippen molar-refractivity contribution in [3.8, 4) is 6.07 Å². The molecule has 100 valence electrons. The second kappa shape index (κ2) is 5.02. The van der Waals surface area contributed by atoms with Gasteiger partial charge < -0.3 is 5.73 Å². The van der Waals surface area contributed by atoms with Crippen molar-refractivity contribution < 1.29 is 4.39 Å². The van der Waals surface area contributed by atoms with Crippen molar-refractivity contribution in [1.29, 1.82) is 5.26 Å². The molecule has 0 aliphatic carbocycles. The van der Waals surface area contributed by atoms with Crippen molar-refractivity contribution in [3.63, 3.8) is 0 Å². The van der Waals surface area contributed by atoms with Crippen LogP contribution in [0.15, 0.2) is 52.4 Å². The fraction of sp³-hybridized carbons (Fsp3) is 0.143. The minimum atomic E-state index is -0.324. The van der Waals surface area contributed by atoms with Crippen LogP contribution in [0.5, 0.6) is 0 Å². The molecule has 0 unspecified atom stereocenters. The van der Waals surface area contributed by atoms with E-state index >= 15 is 0 Å². The lowest BCUT2D eigenvalue weighted by Gasteiger charge is -2.29. The molecule has 0 spiro atoms. The van der Waals surface area contributed by atoms with E-state index in [1.165, 1.54) is 17.1 Å². The molecule has 0 saturated heterocycles. The summed E-state index contributed by atoms with van der Waals surface area (Å²) in [5.74, 6) is 1.54. The molecule has 4 nitrogen and oxygen atoms in total. The Kier molecular flexibility index (Phi) is 3.20. The SMILES string of the molecule is N#CC1=C(N)N(c2ccc(F)cc2)N=C2CSCC=C21. The highest BCUT2D eigenvalue weighted by molar-refractivity contribution is 8.00. The molecule has 1 aromatic rings. The Labute approximate surface area is 120 Å². The molecule has 0 fully saturated rings. The van der Waals surface area contributed by atoms with Crippen molar-refractivity contribution in [3.05, 3.63) is 53.1 Å². The summed E-state index contributed by atoms with van der Waals surface area (Å²) in [5, 5.41) is 15.3. The number of nitriles is 1. The van der Waals surface area contributed by atoms with Gasteiger partial charge in [-0.3, -0.25) is 0 Å². The monoisotopic (exact) mass is 286 g/mol. The van der Waals surface area contributed by atoms with Crippen LogP contribution in [0.25, 0.3) is 0 Å². The van der Waals surface area contributed by atoms with Gasteiger partial charge in [-0.1, -0.05) is 6.08 Å². The smallest absolute Gasteiger partial charge is 0.144 e. The normalized spacial score (nSPS) is 18.1. The lowest BCUT2D eigenvalue weighted by atomic mass is 10.0. The Morgan fingerprint density at radius 2 is 2.10 bits per heavy atom. The molecular formula is C14H11FN4S. The van der Waals surface area contributed by atoms with Crippen LogP contribution in [0.2, 0.25) is 0 Å². The molecule has 1 aromatic carbocycles. The highest BCUT2D eigenvalue weighted by atomic mass is 32.2. The minimum absolute atomic E-state index is 0.279. The Morgan fingerprint density at radius 3 is 2.80 bits per heavy atom. The van der Waals surface area contributed by atoms with Gasteiger partial charge in [0.1, 0.15) is 23.3 Å². The maximum Gasteiger partial charge on any atom is 0.144 e. The molecule has 0 radical (unpaired) electrons. The van der Waals surface area contributed by atoms with Gasteiger partial charge >= 0.3 is 0 Å². The van der Waals surface area contributed by atoms with Crippen LogP contribution in [-0.4, -0.2) is 17.2 Å². The summed E-state index contributed by atoms with van der Waals surface area (Å²) in [5.41, 5.74) is 8.76. The predicted octanol–water partition coefficient (Wildman–Crippen LogP) is 2.37. The Balaban J connectivity index is 2.10. The quantitative estimate of drug-likeness (QED) is 0.860. The molecule has 3 rings (SSSR count). The van der Waals surface area contributed by atoms with Crippen molar-refractivity contribution in [1.82, 2.24) is 0 Å². The van der Waals surface area contributed by atoms with Crippen LogP contribution in [0.1, 0.15) is 0 Å². The summed E-state index contributed by atoms with van der Waals surface area (Å²) in [6.45, 7) is 0. The Morgan fingerprint density at radius 1 is 1.35 bits per heavy atom. The third-order valence-corrected chi connectivity index (χ3v) is 3.99. The molecular weight excluding hydrogens is 275 g/mol. The van der Waals surface area contributed by atoms with Crippen molar-refractivity contribution >= 4 is 23.2 Å². The van der Waals surface area contributed by atoms with E-state index in [2.05, 4.69) is 11.2 Å². The van der Waals surface area contributed by atoms with Crippen molar-refractivity contribution in [2.24, 2.45) is 10.8 Å². The fourth-order valence-corrected chi connectivity index (χ4v) is 2.95. The number of benzene rings is 1. The highest BCUT2D eigenvalue weighted by Crippen LogP contribution is 2.31. The number of fused-ring (bicyclic) bond motifs is 1. The lowest BCUT2D eigenvalue weighted by molar-refractivity contribution is 0.627. The average Bonchev–Trinajstić information content (AvgIpc) is 2.48. The molecule has 0 atom stereocenters. The fourth-order valence-electron chi connectivity index (χ4n) is 2.14. The topological polar surface area (TPSA) is 65.4 Å². The van der Waals surface area contributed by atoms with Gasteiger partial charge in [0.15, 0.2) is 0 Å². The lowest BCUT2D eigenvalue weighted by Crippen LogP contribution is -2.33. The molecule has 0 amide bonds. The zero-order chi connectivity index (χ0) is 14.1. The van der Waals surface area contributed by atoms with Gasteiger partial charge in [0.05, 0.1) is 11.4 Å². The van der Waals surface area contributed by atoms with Gasteiger partial charge in [0.2, 0.25) is 0 Å². The molecule has 0 bridgehead atoms. The van der Waals surface area contributed by atoms with Gasteiger partial charge in [0, 0.05) is 17.1 Å². The van der Waals surface area contributed by atoms with Crippen LogP contribution in [0.3, 0.4) is 0 Å². The molecule has 6 heteroatoms. The summed E-state index contributed by atoms with van der Waals surface area (Å²) in [7, 11) is 0. The van der Waals surface area contributed by atoms with Crippen LogP contribution in [0.4, 0.5) is 10.1 Å². The minimum Gasteiger partial charge on any atom is -0.383 e. The van der Waals surface area contributed by atoms with Gasteiger partial charge in [-0.05, 0) is 24.3 Å². The number of hydrogen-bond acceptors (Lipinski definition) is 5. The molecule has 2 aliphatic rings. The number of thioether (sulfide) groups is 1. The van der Waals surface area contributed by atoms with E-state index in [1.807, 2.05) is 6.08 Å². The Bertz CT molecular complexity index is 682. The first-order valence-electron chi connectivity index (χ1n) is 6.02. The second-order valence-corrected chi connectivity index (χ2v) is 5.37. The summed E-state index contributed by atoms with van der Waals surface area (Å²) in [6, 6.07) is 8.01. The number of allylic oxidation sites excluding steroid dienone is 2. The molecule has 2 N–H and O–H groups in total. The molecule has 20 heavy (non-hydrogen) atoms. The number of hydrazone groups is 1. The first-order chi connectivity index (χ1) is 9.70. The number of halogens is 1. The number of rotatable bonds is 1. The van der Waals surface area contributed by atoms with E-state index in [9.17, 15) is 9.65 Å². The third kappa shape index (κ3) is 2.06. The van der Waals surface area contributed by atoms with E-state index < -0.39 is 0 Å². The van der Waals surface area contributed by atoms with Gasteiger partial charge in [0.25, 0.3) is 0 Å². The number of nitrogens with zero attached hydrogens (tertiary/aromatic N) is 3. The first kappa shape index (κ1) is 12.8. The average molecular weight is 286 g/mol. The van der Waals surface area contributed by atoms with Crippen LogP contribution < -0.4 is 10.7 Å². The third-order valence-electron chi connectivity index (χ3n) is 3.11. The summed E-state index contributed by atoms with van der Waals surface area (Å²) < 4.78 is 13.0. The highest BCUT2D eigenvalue weighted by Gasteiger charge is 2.27. The van der Waals surface area contributed by atoms with Gasteiger partial charge in [-0.25, -0.2) is 9.40 Å². The largest absolute Gasteiger partial charge is 0.383 e. The molecule has 2 aliphatic heterocycles.